The summed E-state index contributed by atoms with van der Waals surface area (Å²) in [6.45, 7) is 10.5. The second-order valence-electron chi connectivity index (χ2n) is 5.17. The Kier molecular flexibility index (Phi) is 7.47. The van der Waals surface area contributed by atoms with Gasteiger partial charge in [0.15, 0.2) is 0 Å². The van der Waals surface area contributed by atoms with E-state index in [0.717, 1.165) is 23.4 Å². The van der Waals surface area contributed by atoms with Crippen LogP contribution in [0.3, 0.4) is 0 Å². The van der Waals surface area contributed by atoms with E-state index < -0.39 is 0 Å². The third-order valence-electron chi connectivity index (χ3n) is 3.27. The van der Waals surface area contributed by atoms with Crippen LogP contribution in [0.5, 0.6) is 5.75 Å². The highest BCUT2D eigenvalue weighted by Gasteiger charge is 2.09. The van der Waals surface area contributed by atoms with Crippen molar-refractivity contribution in [3.8, 4) is 5.75 Å². The molecule has 2 atom stereocenters. The van der Waals surface area contributed by atoms with E-state index >= 15 is 0 Å². The Labute approximate surface area is 126 Å². The van der Waals surface area contributed by atoms with Gasteiger partial charge in [0.05, 0.1) is 11.1 Å². The summed E-state index contributed by atoms with van der Waals surface area (Å²) in [4.78, 5) is 0. The van der Waals surface area contributed by atoms with Gasteiger partial charge in [-0.05, 0) is 59.4 Å². The Bertz CT molecular complexity index is 381. The lowest BCUT2D eigenvalue weighted by Gasteiger charge is -2.16. The van der Waals surface area contributed by atoms with Crippen molar-refractivity contribution in [1.29, 1.82) is 0 Å². The van der Waals surface area contributed by atoms with Crippen molar-refractivity contribution in [3.05, 3.63) is 28.2 Å². The maximum absolute atomic E-state index is 5.88. The molecule has 0 radical (unpaired) electrons. The molecule has 0 spiro atoms. The van der Waals surface area contributed by atoms with Crippen LogP contribution in [0.1, 0.15) is 52.1 Å². The molecule has 3 heteroatoms. The Morgan fingerprint density at radius 2 is 2.00 bits per heavy atom. The van der Waals surface area contributed by atoms with Crippen molar-refractivity contribution in [3.63, 3.8) is 0 Å². The largest absolute Gasteiger partial charge is 0.492 e. The summed E-state index contributed by atoms with van der Waals surface area (Å²) in [5.74, 6) is 1.55. The zero-order valence-electron chi connectivity index (χ0n) is 12.5. The molecular weight excluding hydrogens is 302 g/mol. The summed E-state index contributed by atoms with van der Waals surface area (Å²) in [5.41, 5.74) is 1.28. The standard InChI is InChI=1S/C16H26BrNO/c1-5-7-12(3)11-19-16-9-8-14(10-15(16)17)13(4)18-6-2/h8-10,12-13,18H,5-7,11H2,1-4H3. The van der Waals surface area contributed by atoms with E-state index in [1.165, 1.54) is 18.4 Å². The third-order valence-corrected chi connectivity index (χ3v) is 3.89. The van der Waals surface area contributed by atoms with Gasteiger partial charge in [-0.15, -0.1) is 0 Å². The summed E-state index contributed by atoms with van der Waals surface area (Å²) in [7, 11) is 0. The quantitative estimate of drug-likeness (QED) is 0.730. The van der Waals surface area contributed by atoms with Gasteiger partial charge in [0.1, 0.15) is 5.75 Å². The number of hydrogen-bond donors (Lipinski definition) is 1. The number of benzene rings is 1. The first-order valence-electron chi connectivity index (χ1n) is 7.24. The zero-order valence-corrected chi connectivity index (χ0v) is 14.1. The van der Waals surface area contributed by atoms with Crippen LogP contribution in [0.25, 0.3) is 0 Å². The monoisotopic (exact) mass is 327 g/mol. The van der Waals surface area contributed by atoms with Gasteiger partial charge in [0, 0.05) is 6.04 Å². The van der Waals surface area contributed by atoms with Crippen LogP contribution in [0, 0.1) is 5.92 Å². The smallest absolute Gasteiger partial charge is 0.133 e. The molecule has 0 heterocycles. The van der Waals surface area contributed by atoms with Crippen molar-refractivity contribution in [2.75, 3.05) is 13.2 Å². The van der Waals surface area contributed by atoms with Crippen LogP contribution in [0.2, 0.25) is 0 Å². The van der Waals surface area contributed by atoms with Gasteiger partial charge in [-0.2, -0.15) is 0 Å². The van der Waals surface area contributed by atoms with Gasteiger partial charge < -0.3 is 10.1 Å². The van der Waals surface area contributed by atoms with Crippen molar-refractivity contribution in [2.24, 2.45) is 5.92 Å². The topological polar surface area (TPSA) is 21.3 Å². The fourth-order valence-corrected chi connectivity index (χ4v) is 2.65. The summed E-state index contributed by atoms with van der Waals surface area (Å²) in [5, 5.41) is 3.41. The number of ether oxygens (including phenoxy) is 1. The molecule has 108 valence electrons. The lowest BCUT2D eigenvalue weighted by molar-refractivity contribution is 0.250. The molecular formula is C16H26BrNO. The Balaban J connectivity index is 2.61. The predicted molar refractivity (Wildman–Crippen MR) is 85.8 cm³/mol. The first-order valence-corrected chi connectivity index (χ1v) is 8.03. The van der Waals surface area contributed by atoms with Crippen LogP contribution in [0.4, 0.5) is 0 Å². The Hall–Kier alpha value is -0.540. The summed E-state index contributed by atoms with van der Waals surface area (Å²) in [6, 6.07) is 6.71. The molecule has 0 aliphatic carbocycles. The van der Waals surface area contributed by atoms with Crippen molar-refractivity contribution < 1.29 is 4.74 Å². The van der Waals surface area contributed by atoms with E-state index in [4.69, 9.17) is 4.74 Å². The molecule has 0 bridgehead atoms. The van der Waals surface area contributed by atoms with Gasteiger partial charge in [0.2, 0.25) is 0 Å². The van der Waals surface area contributed by atoms with Gasteiger partial charge in [-0.3, -0.25) is 0 Å². The fraction of sp³-hybridized carbons (Fsp3) is 0.625. The van der Waals surface area contributed by atoms with E-state index in [1.54, 1.807) is 0 Å². The molecule has 2 unspecified atom stereocenters. The lowest BCUT2D eigenvalue weighted by atomic mass is 10.1. The Morgan fingerprint density at radius 1 is 1.26 bits per heavy atom. The van der Waals surface area contributed by atoms with E-state index in [2.05, 4.69) is 67.1 Å². The zero-order chi connectivity index (χ0) is 14.3. The van der Waals surface area contributed by atoms with Crippen LogP contribution in [0.15, 0.2) is 22.7 Å². The highest BCUT2D eigenvalue weighted by atomic mass is 79.9. The minimum Gasteiger partial charge on any atom is -0.492 e. The van der Waals surface area contributed by atoms with Crippen LogP contribution >= 0.6 is 15.9 Å². The number of rotatable bonds is 8. The Morgan fingerprint density at radius 3 is 2.58 bits per heavy atom. The molecule has 1 aromatic rings. The minimum atomic E-state index is 0.370. The normalized spacial score (nSPS) is 14.2. The van der Waals surface area contributed by atoms with Crippen molar-refractivity contribution in [2.45, 2.75) is 46.6 Å². The first kappa shape index (κ1) is 16.5. The molecule has 2 nitrogen and oxygen atoms in total. The van der Waals surface area contributed by atoms with Crippen LogP contribution < -0.4 is 10.1 Å². The van der Waals surface area contributed by atoms with Gasteiger partial charge >= 0.3 is 0 Å². The molecule has 0 aliphatic heterocycles. The predicted octanol–water partition coefficient (Wildman–Crippen LogP) is 4.93. The average molecular weight is 328 g/mol. The molecule has 0 saturated carbocycles. The highest BCUT2D eigenvalue weighted by Crippen LogP contribution is 2.28. The SMILES string of the molecule is CCCC(C)COc1ccc(C(C)NCC)cc1Br. The second kappa shape index (κ2) is 8.60. The fourth-order valence-electron chi connectivity index (χ4n) is 2.14. The molecule has 0 aromatic heterocycles. The number of hydrogen-bond acceptors (Lipinski definition) is 2. The maximum Gasteiger partial charge on any atom is 0.133 e. The average Bonchev–Trinajstić information content (AvgIpc) is 2.38. The molecule has 0 fully saturated rings. The maximum atomic E-state index is 5.88. The molecule has 1 N–H and O–H groups in total. The summed E-state index contributed by atoms with van der Waals surface area (Å²) < 4.78 is 6.92. The van der Waals surface area contributed by atoms with Gasteiger partial charge in [-0.1, -0.05) is 33.3 Å². The molecule has 0 saturated heterocycles. The number of nitrogens with one attached hydrogen (secondary N) is 1. The minimum absolute atomic E-state index is 0.370. The molecule has 1 aromatic carbocycles. The molecule has 19 heavy (non-hydrogen) atoms. The molecule has 1 rings (SSSR count). The number of halogens is 1. The van der Waals surface area contributed by atoms with Crippen molar-refractivity contribution in [1.82, 2.24) is 5.32 Å². The molecule has 0 amide bonds. The van der Waals surface area contributed by atoms with E-state index in [-0.39, 0.29) is 0 Å². The summed E-state index contributed by atoms with van der Waals surface area (Å²) in [6.07, 6.45) is 2.43. The van der Waals surface area contributed by atoms with E-state index in [0.29, 0.717) is 12.0 Å². The van der Waals surface area contributed by atoms with E-state index in [9.17, 15) is 0 Å². The third kappa shape index (κ3) is 5.53. The van der Waals surface area contributed by atoms with Crippen LogP contribution in [-0.4, -0.2) is 13.2 Å². The van der Waals surface area contributed by atoms with Gasteiger partial charge in [-0.25, -0.2) is 0 Å². The summed E-state index contributed by atoms with van der Waals surface area (Å²) >= 11 is 3.60. The second-order valence-corrected chi connectivity index (χ2v) is 6.03. The molecule has 0 aliphatic rings. The van der Waals surface area contributed by atoms with Crippen molar-refractivity contribution >= 4 is 15.9 Å². The first-order chi connectivity index (χ1) is 9.08. The van der Waals surface area contributed by atoms with E-state index in [1.807, 2.05) is 0 Å². The van der Waals surface area contributed by atoms with Gasteiger partial charge in [0.25, 0.3) is 0 Å². The lowest BCUT2D eigenvalue weighted by Crippen LogP contribution is -2.17. The van der Waals surface area contributed by atoms with Crippen LogP contribution in [-0.2, 0) is 0 Å². The highest BCUT2D eigenvalue weighted by molar-refractivity contribution is 9.10.